The van der Waals surface area contributed by atoms with Crippen LogP contribution in [0.5, 0.6) is 11.5 Å². The molecule has 4 rings (SSSR count). The normalized spacial score (nSPS) is 15.7. The molecule has 1 amide bonds. The molecule has 0 bridgehead atoms. The molecule has 7 nitrogen and oxygen atoms in total. The van der Waals surface area contributed by atoms with Crippen molar-refractivity contribution in [1.29, 1.82) is 0 Å². The van der Waals surface area contributed by atoms with E-state index in [2.05, 4.69) is 10.1 Å². The maximum atomic E-state index is 13.6. The number of para-hydroxylation sites is 2. The number of amides is 1. The van der Waals surface area contributed by atoms with Gasteiger partial charge in [-0.3, -0.25) is 4.79 Å². The quantitative estimate of drug-likeness (QED) is 0.499. The van der Waals surface area contributed by atoms with Crippen molar-refractivity contribution >= 4 is 5.91 Å². The first-order valence-corrected chi connectivity index (χ1v) is 10.7. The third-order valence-electron chi connectivity index (χ3n) is 5.63. The Morgan fingerprint density at radius 3 is 2.78 bits per heavy atom. The molecule has 3 aromatic rings. The van der Waals surface area contributed by atoms with Gasteiger partial charge in [0.2, 0.25) is 17.6 Å². The van der Waals surface area contributed by atoms with Crippen LogP contribution in [0, 0.1) is 11.7 Å². The molecule has 0 spiro atoms. The summed E-state index contributed by atoms with van der Waals surface area (Å²) in [5.74, 6) is 1.87. The van der Waals surface area contributed by atoms with E-state index in [-0.39, 0.29) is 17.5 Å². The Kier molecular flexibility index (Phi) is 6.99. The van der Waals surface area contributed by atoms with Crippen LogP contribution in [0.1, 0.15) is 25.2 Å². The molecule has 1 unspecified atom stereocenters. The van der Waals surface area contributed by atoms with Gasteiger partial charge in [0.1, 0.15) is 5.75 Å². The number of carbonyl (C=O) groups is 1. The number of carbonyl (C=O) groups excluding carboxylic acids is 1. The second-order valence-corrected chi connectivity index (χ2v) is 7.77. The summed E-state index contributed by atoms with van der Waals surface area (Å²) in [4.78, 5) is 18.9. The van der Waals surface area contributed by atoms with Crippen LogP contribution in [0.15, 0.2) is 53.1 Å². The fourth-order valence-corrected chi connectivity index (χ4v) is 3.86. The predicted molar refractivity (Wildman–Crippen MR) is 116 cm³/mol. The number of benzene rings is 2. The summed E-state index contributed by atoms with van der Waals surface area (Å²) in [5.41, 5.74) is 0.747. The van der Waals surface area contributed by atoms with Crippen LogP contribution in [0.25, 0.3) is 11.4 Å². The molecule has 0 saturated carbocycles. The van der Waals surface area contributed by atoms with E-state index in [1.807, 2.05) is 29.2 Å². The molecule has 1 aromatic heterocycles. The zero-order valence-electron chi connectivity index (χ0n) is 18.0. The maximum absolute atomic E-state index is 13.6. The van der Waals surface area contributed by atoms with Crippen molar-refractivity contribution in [3.8, 4) is 22.9 Å². The van der Waals surface area contributed by atoms with Gasteiger partial charge in [-0.2, -0.15) is 4.98 Å². The SMILES string of the molecule is COc1ccccc1-c1noc(CCC(=O)N2CCC(CCOc3ccccc3F)C2)n1. The van der Waals surface area contributed by atoms with Crippen LogP contribution in [0.4, 0.5) is 4.39 Å². The van der Waals surface area contributed by atoms with Crippen LogP contribution in [-0.4, -0.2) is 47.8 Å². The first-order chi connectivity index (χ1) is 15.6. The third kappa shape index (κ3) is 5.25. The zero-order valence-corrected chi connectivity index (χ0v) is 18.0. The highest BCUT2D eigenvalue weighted by molar-refractivity contribution is 5.76. The van der Waals surface area contributed by atoms with Crippen LogP contribution in [-0.2, 0) is 11.2 Å². The lowest BCUT2D eigenvalue weighted by Crippen LogP contribution is -2.29. The van der Waals surface area contributed by atoms with Crippen molar-refractivity contribution in [3.63, 3.8) is 0 Å². The van der Waals surface area contributed by atoms with Crippen molar-refractivity contribution in [3.05, 3.63) is 60.2 Å². The third-order valence-corrected chi connectivity index (χ3v) is 5.63. The summed E-state index contributed by atoms with van der Waals surface area (Å²) in [6, 6.07) is 13.8. The molecule has 8 heteroatoms. The van der Waals surface area contributed by atoms with Gasteiger partial charge in [-0.25, -0.2) is 4.39 Å². The van der Waals surface area contributed by atoms with Crippen LogP contribution in [0.3, 0.4) is 0 Å². The predicted octanol–water partition coefficient (Wildman–Crippen LogP) is 4.13. The van der Waals surface area contributed by atoms with Gasteiger partial charge in [0.05, 0.1) is 19.3 Å². The van der Waals surface area contributed by atoms with Crippen LogP contribution in [0.2, 0.25) is 0 Å². The standard InChI is InChI=1S/C24H26FN3O4/c1-30-20-8-4-2-6-18(20)24-26-22(32-27-24)10-11-23(29)28-14-12-17(16-28)13-15-31-21-9-5-3-7-19(21)25/h2-9,17H,10-16H2,1H3. The van der Waals surface area contributed by atoms with Crippen molar-refractivity contribution < 1.29 is 23.2 Å². The minimum absolute atomic E-state index is 0.0690. The molecule has 1 atom stereocenters. The van der Waals surface area contributed by atoms with E-state index in [9.17, 15) is 9.18 Å². The Morgan fingerprint density at radius 2 is 1.97 bits per heavy atom. The monoisotopic (exact) mass is 439 g/mol. The number of halogens is 1. The summed E-state index contributed by atoms with van der Waals surface area (Å²) in [7, 11) is 1.59. The second-order valence-electron chi connectivity index (χ2n) is 7.77. The van der Waals surface area contributed by atoms with Gasteiger partial charge in [-0.1, -0.05) is 29.4 Å². The van der Waals surface area contributed by atoms with Gasteiger partial charge in [0.25, 0.3) is 0 Å². The minimum atomic E-state index is -0.356. The van der Waals surface area contributed by atoms with Crippen molar-refractivity contribution in [2.45, 2.75) is 25.7 Å². The lowest BCUT2D eigenvalue weighted by Gasteiger charge is -2.16. The molecule has 32 heavy (non-hydrogen) atoms. The summed E-state index contributed by atoms with van der Waals surface area (Å²) in [6.07, 6.45) is 2.40. The summed E-state index contributed by atoms with van der Waals surface area (Å²) >= 11 is 0. The molecule has 2 heterocycles. The van der Waals surface area contributed by atoms with Gasteiger partial charge in [-0.05, 0) is 43.0 Å². The van der Waals surface area contributed by atoms with E-state index in [1.165, 1.54) is 6.07 Å². The zero-order chi connectivity index (χ0) is 22.3. The lowest BCUT2D eigenvalue weighted by atomic mass is 10.1. The second kappa shape index (κ2) is 10.3. The number of aryl methyl sites for hydroxylation is 1. The average molecular weight is 439 g/mol. The molecule has 1 aliphatic rings. The molecule has 2 aromatic carbocycles. The molecule has 1 aliphatic heterocycles. The number of hydrogen-bond donors (Lipinski definition) is 0. The topological polar surface area (TPSA) is 77.7 Å². The molecule has 168 valence electrons. The van der Waals surface area contributed by atoms with E-state index in [0.29, 0.717) is 49.4 Å². The highest BCUT2D eigenvalue weighted by atomic mass is 19.1. The number of aromatic nitrogens is 2. The average Bonchev–Trinajstić information content (AvgIpc) is 3.49. The number of hydrogen-bond acceptors (Lipinski definition) is 6. The van der Waals surface area contributed by atoms with Gasteiger partial charge in [0, 0.05) is 25.9 Å². The number of nitrogens with zero attached hydrogens (tertiary/aromatic N) is 3. The van der Waals surface area contributed by atoms with Crippen molar-refractivity contribution in [2.24, 2.45) is 5.92 Å². The Balaban J connectivity index is 1.22. The molecule has 0 aliphatic carbocycles. The molecule has 1 saturated heterocycles. The number of rotatable bonds is 9. The Hall–Kier alpha value is -3.42. The first-order valence-electron chi connectivity index (χ1n) is 10.7. The number of methoxy groups -OCH3 is 1. The van der Waals surface area contributed by atoms with E-state index in [0.717, 1.165) is 24.9 Å². The van der Waals surface area contributed by atoms with Gasteiger partial charge in [0.15, 0.2) is 11.6 Å². The van der Waals surface area contributed by atoms with Crippen molar-refractivity contribution in [1.82, 2.24) is 15.0 Å². The Labute approximate surface area is 186 Å². The van der Waals surface area contributed by atoms with E-state index in [1.54, 1.807) is 25.3 Å². The van der Waals surface area contributed by atoms with Gasteiger partial charge in [-0.15, -0.1) is 0 Å². The summed E-state index contributed by atoms with van der Waals surface area (Å²) in [5, 5.41) is 4.02. The Bertz CT molecular complexity index is 1050. The highest BCUT2D eigenvalue weighted by Gasteiger charge is 2.26. The first kappa shape index (κ1) is 21.8. The minimum Gasteiger partial charge on any atom is -0.496 e. The molecule has 0 radical (unpaired) electrons. The maximum Gasteiger partial charge on any atom is 0.227 e. The van der Waals surface area contributed by atoms with E-state index in [4.69, 9.17) is 14.0 Å². The highest BCUT2D eigenvalue weighted by Crippen LogP contribution is 2.27. The Morgan fingerprint density at radius 1 is 1.19 bits per heavy atom. The lowest BCUT2D eigenvalue weighted by molar-refractivity contribution is -0.130. The van der Waals surface area contributed by atoms with Crippen LogP contribution < -0.4 is 9.47 Å². The van der Waals surface area contributed by atoms with Gasteiger partial charge < -0.3 is 18.9 Å². The van der Waals surface area contributed by atoms with E-state index >= 15 is 0 Å². The van der Waals surface area contributed by atoms with Crippen LogP contribution >= 0.6 is 0 Å². The number of ether oxygens (including phenoxy) is 2. The molecule has 0 N–H and O–H groups in total. The van der Waals surface area contributed by atoms with Crippen molar-refractivity contribution in [2.75, 3.05) is 26.8 Å². The van der Waals surface area contributed by atoms with Gasteiger partial charge >= 0.3 is 0 Å². The largest absolute Gasteiger partial charge is 0.496 e. The summed E-state index contributed by atoms with van der Waals surface area (Å²) in [6.45, 7) is 1.84. The molecular weight excluding hydrogens is 413 g/mol. The smallest absolute Gasteiger partial charge is 0.227 e. The molecule has 1 fully saturated rings. The summed E-state index contributed by atoms with van der Waals surface area (Å²) < 4.78 is 29.8. The molecular formula is C24H26FN3O4. The fraction of sp³-hybridized carbons (Fsp3) is 0.375. The fourth-order valence-electron chi connectivity index (χ4n) is 3.86. The number of likely N-dealkylation sites (tertiary alicyclic amines) is 1. The van der Waals surface area contributed by atoms with E-state index < -0.39 is 0 Å².